The molecule has 3 aromatic rings. The molecule has 1 amide bonds. The van der Waals surface area contributed by atoms with Crippen LogP contribution in [-0.4, -0.2) is 52.0 Å². The van der Waals surface area contributed by atoms with Gasteiger partial charge in [-0.1, -0.05) is 31.1 Å². The molecule has 1 aliphatic heterocycles. The van der Waals surface area contributed by atoms with Crippen LogP contribution in [0.15, 0.2) is 40.9 Å². The Labute approximate surface area is 185 Å². The van der Waals surface area contributed by atoms with Gasteiger partial charge in [0, 0.05) is 61.2 Å². The maximum absolute atomic E-state index is 13.5. The van der Waals surface area contributed by atoms with Gasteiger partial charge in [-0.05, 0) is 29.8 Å². The van der Waals surface area contributed by atoms with Gasteiger partial charge in [-0.2, -0.15) is 4.98 Å². The third-order valence-corrected chi connectivity index (χ3v) is 6.55. The number of aromatic nitrogens is 2. The van der Waals surface area contributed by atoms with Crippen molar-refractivity contribution in [2.75, 3.05) is 26.2 Å². The minimum atomic E-state index is -0.215. The number of rotatable bonds is 7. The molecule has 31 heavy (non-hydrogen) atoms. The minimum absolute atomic E-state index is 0.133. The first-order chi connectivity index (χ1) is 15.0. The number of carbonyl (C=O) groups is 1. The lowest BCUT2D eigenvalue weighted by Crippen LogP contribution is -2.48. The molecule has 0 spiro atoms. The number of nitrogens with zero attached hydrogens (tertiary/aromatic N) is 4. The highest BCUT2D eigenvalue weighted by molar-refractivity contribution is 7.15. The SMILES string of the molecule is CC(C)c1noc(CCC(=O)N2CCN(Cc3ccc(-c4cccc(F)c4)s3)CC2)n1. The average molecular weight is 443 g/mol. The molecule has 1 saturated heterocycles. The standard InChI is InChI=1S/C23H27FN4O2S/c1-16(2)23-25-21(30-26-23)8-9-22(29)28-12-10-27(11-13-28)15-19-6-7-20(31-19)17-4-3-5-18(24)14-17/h3-7,14,16H,8-13,15H2,1-2H3. The molecular weight excluding hydrogens is 415 g/mol. The summed E-state index contributed by atoms with van der Waals surface area (Å²) in [6.45, 7) is 8.01. The van der Waals surface area contributed by atoms with Gasteiger partial charge in [-0.25, -0.2) is 4.39 Å². The Balaban J connectivity index is 1.23. The third kappa shape index (κ3) is 5.57. The summed E-state index contributed by atoms with van der Waals surface area (Å²) in [5, 5.41) is 3.95. The van der Waals surface area contributed by atoms with Gasteiger partial charge in [0.25, 0.3) is 0 Å². The second-order valence-corrected chi connectivity index (χ2v) is 9.30. The van der Waals surface area contributed by atoms with E-state index in [1.165, 1.54) is 10.9 Å². The molecule has 0 atom stereocenters. The molecule has 2 aromatic heterocycles. The van der Waals surface area contributed by atoms with Crippen LogP contribution in [0.2, 0.25) is 0 Å². The third-order valence-electron chi connectivity index (χ3n) is 5.43. The molecule has 0 bridgehead atoms. The summed E-state index contributed by atoms with van der Waals surface area (Å²) in [6, 6.07) is 10.9. The lowest BCUT2D eigenvalue weighted by atomic mass is 10.2. The van der Waals surface area contributed by atoms with Crippen LogP contribution in [0.25, 0.3) is 10.4 Å². The quantitative estimate of drug-likeness (QED) is 0.545. The molecule has 1 fully saturated rings. The average Bonchev–Trinajstić information content (AvgIpc) is 3.42. The van der Waals surface area contributed by atoms with Crippen LogP contribution in [0.5, 0.6) is 0 Å². The van der Waals surface area contributed by atoms with Gasteiger partial charge in [0.05, 0.1) is 0 Å². The van der Waals surface area contributed by atoms with Gasteiger partial charge < -0.3 is 9.42 Å². The van der Waals surface area contributed by atoms with E-state index >= 15 is 0 Å². The van der Waals surface area contributed by atoms with E-state index in [9.17, 15) is 9.18 Å². The zero-order valence-electron chi connectivity index (χ0n) is 17.9. The van der Waals surface area contributed by atoms with Crippen LogP contribution in [0.4, 0.5) is 4.39 Å². The van der Waals surface area contributed by atoms with E-state index in [1.54, 1.807) is 23.5 Å². The van der Waals surface area contributed by atoms with Crippen LogP contribution in [-0.2, 0) is 17.8 Å². The lowest BCUT2D eigenvalue weighted by Gasteiger charge is -2.34. The molecule has 0 aliphatic carbocycles. The van der Waals surface area contributed by atoms with Crippen molar-refractivity contribution >= 4 is 17.2 Å². The van der Waals surface area contributed by atoms with Crippen molar-refractivity contribution < 1.29 is 13.7 Å². The van der Waals surface area contributed by atoms with Crippen molar-refractivity contribution in [3.05, 3.63) is 58.8 Å². The first-order valence-electron chi connectivity index (χ1n) is 10.6. The Morgan fingerprint density at radius 3 is 2.71 bits per heavy atom. The number of hydrogen-bond acceptors (Lipinski definition) is 6. The Kier molecular flexibility index (Phi) is 6.77. The molecule has 0 N–H and O–H groups in total. The summed E-state index contributed by atoms with van der Waals surface area (Å²) < 4.78 is 18.7. The summed E-state index contributed by atoms with van der Waals surface area (Å²) in [6.07, 6.45) is 0.873. The fraction of sp³-hybridized carbons (Fsp3) is 0.435. The summed E-state index contributed by atoms with van der Waals surface area (Å²) in [4.78, 5) is 23.5. The molecule has 1 aromatic carbocycles. The topological polar surface area (TPSA) is 62.5 Å². The van der Waals surface area contributed by atoms with Crippen LogP contribution in [0.1, 0.15) is 42.8 Å². The van der Waals surface area contributed by atoms with E-state index < -0.39 is 0 Å². The predicted molar refractivity (Wildman–Crippen MR) is 118 cm³/mol. The first-order valence-corrected chi connectivity index (χ1v) is 11.5. The number of hydrogen-bond donors (Lipinski definition) is 0. The number of halogens is 1. The second kappa shape index (κ2) is 9.70. The Morgan fingerprint density at radius 1 is 1.19 bits per heavy atom. The number of benzene rings is 1. The lowest BCUT2D eigenvalue weighted by molar-refractivity contribution is -0.133. The molecule has 4 rings (SSSR count). The summed E-state index contributed by atoms with van der Waals surface area (Å²) >= 11 is 1.69. The summed E-state index contributed by atoms with van der Waals surface area (Å²) in [5.41, 5.74) is 0.911. The van der Waals surface area contributed by atoms with Crippen molar-refractivity contribution in [3.63, 3.8) is 0 Å². The maximum atomic E-state index is 13.5. The van der Waals surface area contributed by atoms with E-state index in [2.05, 4.69) is 27.2 Å². The number of piperazine rings is 1. The number of thiophene rings is 1. The Hall–Kier alpha value is -2.58. The largest absolute Gasteiger partial charge is 0.340 e. The van der Waals surface area contributed by atoms with Gasteiger partial charge in [0.1, 0.15) is 5.82 Å². The number of amides is 1. The van der Waals surface area contributed by atoms with Gasteiger partial charge in [0.2, 0.25) is 11.8 Å². The van der Waals surface area contributed by atoms with Crippen molar-refractivity contribution in [2.24, 2.45) is 0 Å². The molecule has 0 radical (unpaired) electrons. The Morgan fingerprint density at radius 2 is 2.00 bits per heavy atom. The highest BCUT2D eigenvalue weighted by atomic mass is 32.1. The zero-order valence-corrected chi connectivity index (χ0v) is 18.7. The molecule has 0 saturated carbocycles. The molecule has 164 valence electrons. The monoisotopic (exact) mass is 442 g/mol. The van der Waals surface area contributed by atoms with Crippen molar-refractivity contribution in [2.45, 2.75) is 39.2 Å². The van der Waals surface area contributed by atoms with Crippen LogP contribution in [0, 0.1) is 5.82 Å². The molecule has 6 nitrogen and oxygen atoms in total. The van der Waals surface area contributed by atoms with Crippen LogP contribution >= 0.6 is 11.3 Å². The normalized spacial score (nSPS) is 15.0. The van der Waals surface area contributed by atoms with E-state index in [4.69, 9.17) is 4.52 Å². The van der Waals surface area contributed by atoms with E-state index in [1.807, 2.05) is 24.8 Å². The number of aryl methyl sites for hydroxylation is 1. The highest BCUT2D eigenvalue weighted by Gasteiger charge is 2.22. The summed E-state index contributed by atoms with van der Waals surface area (Å²) in [5.74, 6) is 1.35. The minimum Gasteiger partial charge on any atom is -0.340 e. The van der Waals surface area contributed by atoms with Crippen molar-refractivity contribution in [1.82, 2.24) is 19.9 Å². The first kappa shape index (κ1) is 21.6. The molecule has 0 unspecified atom stereocenters. The molecule has 1 aliphatic rings. The van der Waals surface area contributed by atoms with Crippen LogP contribution in [0.3, 0.4) is 0 Å². The van der Waals surface area contributed by atoms with Crippen molar-refractivity contribution in [1.29, 1.82) is 0 Å². The van der Waals surface area contributed by atoms with Gasteiger partial charge in [-0.3, -0.25) is 9.69 Å². The highest BCUT2D eigenvalue weighted by Crippen LogP contribution is 2.29. The zero-order chi connectivity index (χ0) is 21.8. The maximum Gasteiger partial charge on any atom is 0.227 e. The van der Waals surface area contributed by atoms with Crippen molar-refractivity contribution in [3.8, 4) is 10.4 Å². The smallest absolute Gasteiger partial charge is 0.227 e. The van der Waals surface area contributed by atoms with E-state index in [0.29, 0.717) is 24.6 Å². The molecule has 3 heterocycles. The van der Waals surface area contributed by atoms with E-state index in [0.717, 1.165) is 43.2 Å². The van der Waals surface area contributed by atoms with Gasteiger partial charge in [0.15, 0.2) is 5.82 Å². The predicted octanol–water partition coefficient (Wildman–Crippen LogP) is 4.34. The summed E-state index contributed by atoms with van der Waals surface area (Å²) in [7, 11) is 0. The Bertz CT molecular complexity index is 1020. The van der Waals surface area contributed by atoms with Crippen LogP contribution < -0.4 is 0 Å². The van der Waals surface area contributed by atoms with Gasteiger partial charge in [-0.15, -0.1) is 11.3 Å². The number of carbonyl (C=O) groups excluding carboxylic acids is 1. The fourth-order valence-electron chi connectivity index (χ4n) is 3.61. The second-order valence-electron chi connectivity index (χ2n) is 8.13. The molecule has 8 heteroatoms. The molecular formula is C23H27FN4O2S. The van der Waals surface area contributed by atoms with E-state index in [-0.39, 0.29) is 17.6 Å². The fourth-order valence-corrected chi connectivity index (χ4v) is 4.66. The van der Waals surface area contributed by atoms with Gasteiger partial charge >= 0.3 is 0 Å².